The van der Waals surface area contributed by atoms with Crippen LogP contribution in [0, 0.1) is 5.92 Å². The lowest BCUT2D eigenvalue weighted by molar-refractivity contribution is 0.266. The quantitative estimate of drug-likeness (QED) is 0.765. The molecule has 0 aromatic heterocycles. The molecule has 0 bridgehead atoms. The van der Waals surface area contributed by atoms with Crippen LogP contribution in [0.4, 0.5) is 0 Å². The largest absolute Gasteiger partial charge is 0.494 e. The van der Waals surface area contributed by atoms with Crippen LogP contribution in [-0.2, 0) is 0 Å². The smallest absolute Gasteiger partial charge is 0.119 e. The number of hydrogen-bond donors (Lipinski definition) is 1. The van der Waals surface area contributed by atoms with E-state index < -0.39 is 0 Å². The molecular formula is C14H22ClNO. The molecule has 96 valence electrons. The second-order valence-corrected chi connectivity index (χ2v) is 4.76. The molecule has 0 aliphatic carbocycles. The Morgan fingerprint density at radius 1 is 1.18 bits per heavy atom. The Kier molecular flexibility index (Phi) is 7.06. The van der Waals surface area contributed by atoms with Crippen molar-refractivity contribution >= 4 is 11.6 Å². The average Bonchev–Trinajstić information content (AvgIpc) is 2.32. The predicted molar refractivity (Wildman–Crippen MR) is 73.6 cm³/mol. The van der Waals surface area contributed by atoms with Crippen molar-refractivity contribution in [1.29, 1.82) is 0 Å². The first-order valence-electron chi connectivity index (χ1n) is 6.34. The molecule has 2 N–H and O–H groups in total. The Bertz CT molecular complexity index is 294. The van der Waals surface area contributed by atoms with Gasteiger partial charge in [0, 0.05) is 5.02 Å². The third-order valence-corrected chi connectivity index (χ3v) is 3.13. The maximum Gasteiger partial charge on any atom is 0.119 e. The Balaban J connectivity index is 2.27. The fraction of sp³-hybridized carbons (Fsp3) is 0.571. The van der Waals surface area contributed by atoms with Crippen LogP contribution in [0.15, 0.2) is 24.3 Å². The fourth-order valence-corrected chi connectivity index (χ4v) is 2.08. The summed E-state index contributed by atoms with van der Waals surface area (Å²) in [4.78, 5) is 0. The summed E-state index contributed by atoms with van der Waals surface area (Å²) in [7, 11) is 0. The van der Waals surface area contributed by atoms with E-state index in [1.807, 2.05) is 24.3 Å². The summed E-state index contributed by atoms with van der Waals surface area (Å²) in [5, 5.41) is 0.740. The minimum absolute atomic E-state index is 0.692. The molecule has 1 aromatic carbocycles. The Morgan fingerprint density at radius 3 is 2.47 bits per heavy atom. The first kappa shape index (κ1) is 14.3. The minimum Gasteiger partial charge on any atom is -0.494 e. The summed E-state index contributed by atoms with van der Waals surface area (Å²) in [6.45, 7) is 3.74. The van der Waals surface area contributed by atoms with Gasteiger partial charge in [-0.2, -0.15) is 0 Å². The van der Waals surface area contributed by atoms with Crippen molar-refractivity contribution in [3.05, 3.63) is 29.3 Å². The molecule has 0 saturated heterocycles. The standard InChI is InChI=1S/C14H22ClNO/c1-2-3-12(8-10-16)9-11-17-14-6-4-13(15)5-7-14/h4-7,12H,2-3,8-11,16H2,1H3. The van der Waals surface area contributed by atoms with Crippen molar-refractivity contribution in [2.24, 2.45) is 11.7 Å². The monoisotopic (exact) mass is 255 g/mol. The highest BCUT2D eigenvalue weighted by Gasteiger charge is 2.06. The van der Waals surface area contributed by atoms with E-state index in [-0.39, 0.29) is 0 Å². The minimum atomic E-state index is 0.692. The summed E-state index contributed by atoms with van der Waals surface area (Å²) < 4.78 is 5.68. The number of ether oxygens (including phenoxy) is 1. The molecule has 0 spiro atoms. The van der Waals surface area contributed by atoms with Gasteiger partial charge in [0.1, 0.15) is 5.75 Å². The first-order chi connectivity index (χ1) is 8.26. The van der Waals surface area contributed by atoms with E-state index in [0.29, 0.717) is 5.92 Å². The van der Waals surface area contributed by atoms with E-state index in [1.54, 1.807) is 0 Å². The highest BCUT2D eigenvalue weighted by Crippen LogP contribution is 2.18. The van der Waals surface area contributed by atoms with E-state index in [9.17, 15) is 0 Å². The van der Waals surface area contributed by atoms with Crippen LogP contribution in [0.3, 0.4) is 0 Å². The zero-order valence-electron chi connectivity index (χ0n) is 10.5. The van der Waals surface area contributed by atoms with E-state index in [1.165, 1.54) is 12.8 Å². The van der Waals surface area contributed by atoms with Crippen LogP contribution in [0.5, 0.6) is 5.75 Å². The van der Waals surface area contributed by atoms with Gasteiger partial charge in [-0.3, -0.25) is 0 Å². The summed E-state index contributed by atoms with van der Waals surface area (Å²) >= 11 is 5.81. The second kappa shape index (κ2) is 8.37. The van der Waals surface area contributed by atoms with Gasteiger partial charge in [0.2, 0.25) is 0 Å². The molecule has 0 aliphatic heterocycles. The van der Waals surface area contributed by atoms with Crippen molar-refractivity contribution in [3.8, 4) is 5.75 Å². The third-order valence-electron chi connectivity index (χ3n) is 2.88. The molecule has 0 amide bonds. The van der Waals surface area contributed by atoms with Crippen LogP contribution in [-0.4, -0.2) is 13.2 Å². The van der Waals surface area contributed by atoms with Crippen molar-refractivity contribution in [3.63, 3.8) is 0 Å². The van der Waals surface area contributed by atoms with Crippen LogP contribution in [0.2, 0.25) is 5.02 Å². The Labute approximate surface area is 109 Å². The molecule has 0 radical (unpaired) electrons. The molecule has 0 heterocycles. The molecule has 1 rings (SSSR count). The molecule has 1 aromatic rings. The predicted octanol–water partition coefficient (Wildman–Crippen LogP) is 3.87. The SMILES string of the molecule is CCCC(CCN)CCOc1ccc(Cl)cc1. The summed E-state index contributed by atoms with van der Waals surface area (Å²) in [5.41, 5.74) is 5.60. The fourth-order valence-electron chi connectivity index (χ4n) is 1.95. The lowest BCUT2D eigenvalue weighted by Crippen LogP contribution is -2.12. The molecule has 3 heteroatoms. The topological polar surface area (TPSA) is 35.2 Å². The van der Waals surface area contributed by atoms with Crippen LogP contribution >= 0.6 is 11.6 Å². The van der Waals surface area contributed by atoms with Crippen LogP contribution < -0.4 is 10.5 Å². The molecule has 1 atom stereocenters. The van der Waals surface area contributed by atoms with E-state index in [2.05, 4.69) is 6.92 Å². The van der Waals surface area contributed by atoms with Crippen LogP contribution in [0.1, 0.15) is 32.6 Å². The number of rotatable bonds is 8. The second-order valence-electron chi connectivity index (χ2n) is 4.32. The van der Waals surface area contributed by atoms with E-state index in [4.69, 9.17) is 22.1 Å². The van der Waals surface area contributed by atoms with Gasteiger partial charge in [-0.15, -0.1) is 0 Å². The summed E-state index contributed by atoms with van der Waals surface area (Å²) in [5.74, 6) is 1.58. The number of halogens is 1. The maximum atomic E-state index is 5.81. The van der Waals surface area contributed by atoms with Gasteiger partial charge in [0.15, 0.2) is 0 Å². The maximum absolute atomic E-state index is 5.81. The third kappa shape index (κ3) is 5.94. The van der Waals surface area contributed by atoms with Crippen molar-refractivity contribution < 1.29 is 4.74 Å². The average molecular weight is 256 g/mol. The van der Waals surface area contributed by atoms with E-state index in [0.717, 1.165) is 36.8 Å². The van der Waals surface area contributed by atoms with Gasteiger partial charge < -0.3 is 10.5 Å². The number of benzene rings is 1. The summed E-state index contributed by atoms with van der Waals surface area (Å²) in [6, 6.07) is 7.50. The first-order valence-corrected chi connectivity index (χ1v) is 6.72. The molecule has 2 nitrogen and oxygen atoms in total. The Hall–Kier alpha value is -0.730. The molecule has 17 heavy (non-hydrogen) atoms. The van der Waals surface area contributed by atoms with Gasteiger partial charge in [-0.25, -0.2) is 0 Å². The molecular weight excluding hydrogens is 234 g/mol. The highest BCUT2D eigenvalue weighted by atomic mass is 35.5. The molecule has 0 aliphatic rings. The van der Waals surface area contributed by atoms with Gasteiger partial charge in [-0.05, 0) is 49.6 Å². The molecule has 0 fully saturated rings. The normalized spacial score (nSPS) is 12.4. The van der Waals surface area contributed by atoms with Gasteiger partial charge >= 0.3 is 0 Å². The zero-order valence-corrected chi connectivity index (χ0v) is 11.2. The van der Waals surface area contributed by atoms with Crippen molar-refractivity contribution in [2.75, 3.05) is 13.2 Å². The van der Waals surface area contributed by atoms with Gasteiger partial charge in [-0.1, -0.05) is 31.4 Å². The number of hydrogen-bond acceptors (Lipinski definition) is 2. The van der Waals surface area contributed by atoms with E-state index >= 15 is 0 Å². The Morgan fingerprint density at radius 2 is 1.88 bits per heavy atom. The lowest BCUT2D eigenvalue weighted by Gasteiger charge is -2.15. The van der Waals surface area contributed by atoms with Crippen molar-refractivity contribution in [2.45, 2.75) is 32.6 Å². The molecule has 1 unspecified atom stereocenters. The highest BCUT2D eigenvalue weighted by molar-refractivity contribution is 6.30. The number of nitrogens with two attached hydrogens (primary N) is 1. The molecule has 0 saturated carbocycles. The van der Waals surface area contributed by atoms with Gasteiger partial charge in [0.25, 0.3) is 0 Å². The zero-order chi connectivity index (χ0) is 12.5. The van der Waals surface area contributed by atoms with Gasteiger partial charge in [0.05, 0.1) is 6.61 Å². The van der Waals surface area contributed by atoms with Crippen molar-refractivity contribution in [1.82, 2.24) is 0 Å². The van der Waals surface area contributed by atoms with Crippen LogP contribution in [0.25, 0.3) is 0 Å². The summed E-state index contributed by atoms with van der Waals surface area (Å²) in [6.07, 6.45) is 4.62. The lowest BCUT2D eigenvalue weighted by atomic mass is 9.97.